The third-order valence-corrected chi connectivity index (χ3v) is 8.42. The van der Waals surface area contributed by atoms with Crippen LogP contribution in [-0.2, 0) is 14.8 Å². The van der Waals surface area contributed by atoms with Gasteiger partial charge in [0.1, 0.15) is 0 Å². The Kier molecular flexibility index (Phi) is 6.11. The van der Waals surface area contributed by atoms with Gasteiger partial charge >= 0.3 is 0 Å². The number of benzene rings is 1. The number of hydrogen-bond acceptors (Lipinski definition) is 4. The van der Waals surface area contributed by atoms with Crippen LogP contribution >= 0.6 is 0 Å². The predicted octanol–water partition coefficient (Wildman–Crippen LogP) is 3.63. The van der Waals surface area contributed by atoms with Crippen molar-refractivity contribution in [1.29, 1.82) is 0 Å². The average molecular weight is 429 g/mol. The van der Waals surface area contributed by atoms with Gasteiger partial charge in [0.2, 0.25) is 15.9 Å². The van der Waals surface area contributed by atoms with E-state index in [1.54, 1.807) is 53.2 Å². The number of nitrogens with zero attached hydrogens (tertiary/aromatic N) is 2. The minimum Gasteiger partial charge on any atom is -0.472 e. The number of furan rings is 1. The number of amides is 1. The summed E-state index contributed by atoms with van der Waals surface area (Å²) in [5.41, 5.74) is 0.868. The molecule has 2 heterocycles. The van der Waals surface area contributed by atoms with Crippen molar-refractivity contribution in [2.24, 2.45) is 11.8 Å². The van der Waals surface area contributed by atoms with E-state index in [0.717, 1.165) is 31.2 Å². The Morgan fingerprint density at radius 2 is 1.93 bits per heavy atom. The quantitative estimate of drug-likeness (QED) is 0.682. The molecule has 7 heteroatoms. The number of carbonyl (C=O) groups is 1. The third kappa shape index (κ3) is 4.37. The van der Waals surface area contributed by atoms with E-state index in [2.05, 4.69) is 0 Å². The minimum atomic E-state index is -3.43. The standard InChI is InChI=1S/C23H28N2O4S/c1-24(23(26)10-7-18-12-14-29-17-18)21-9-8-20-16-25(13-11-19(20)15-21)30(27,28)22-5-3-2-4-6-22/h2-7,10,12,14,17,19-21H,8-9,11,13,15-16H2,1H3/b10-7+/t19-,20+,21-/m1/s1. The topological polar surface area (TPSA) is 70.8 Å². The fourth-order valence-electron chi connectivity index (χ4n) is 4.70. The number of rotatable bonds is 5. The van der Waals surface area contributed by atoms with Gasteiger partial charge in [-0.05, 0) is 61.8 Å². The van der Waals surface area contributed by atoms with Crippen molar-refractivity contribution in [3.63, 3.8) is 0 Å². The van der Waals surface area contributed by atoms with Crippen LogP contribution in [0, 0.1) is 11.8 Å². The summed E-state index contributed by atoms with van der Waals surface area (Å²) in [5.74, 6) is 0.807. The Balaban J connectivity index is 1.36. The van der Waals surface area contributed by atoms with Crippen molar-refractivity contribution in [1.82, 2.24) is 9.21 Å². The molecule has 2 fully saturated rings. The largest absolute Gasteiger partial charge is 0.472 e. The lowest BCUT2D eigenvalue weighted by molar-refractivity contribution is -0.128. The number of hydrogen-bond donors (Lipinski definition) is 0. The zero-order chi connectivity index (χ0) is 21.1. The van der Waals surface area contributed by atoms with Crippen LogP contribution in [0.5, 0.6) is 0 Å². The summed E-state index contributed by atoms with van der Waals surface area (Å²) in [6, 6.07) is 10.7. The van der Waals surface area contributed by atoms with Crippen LogP contribution in [0.1, 0.15) is 31.2 Å². The molecule has 160 valence electrons. The van der Waals surface area contributed by atoms with Crippen molar-refractivity contribution < 1.29 is 17.6 Å². The second kappa shape index (κ2) is 8.78. The molecule has 0 N–H and O–H groups in total. The molecule has 30 heavy (non-hydrogen) atoms. The average Bonchev–Trinajstić information content (AvgIpc) is 3.30. The summed E-state index contributed by atoms with van der Waals surface area (Å²) in [4.78, 5) is 14.8. The van der Waals surface area contributed by atoms with Gasteiger partial charge in [-0.15, -0.1) is 0 Å². The van der Waals surface area contributed by atoms with E-state index in [1.165, 1.54) is 0 Å². The molecule has 2 aromatic rings. The molecule has 6 nitrogen and oxygen atoms in total. The van der Waals surface area contributed by atoms with Gasteiger partial charge < -0.3 is 9.32 Å². The molecule has 2 aliphatic rings. The maximum atomic E-state index is 13.0. The van der Waals surface area contributed by atoms with Gasteiger partial charge in [-0.1, -0.05) is 18.2 Å². The Bertz CT molecular complexity index is 985. The molecular weight excluding hydrogens is 400 g/mol. The number of fused-ring (bicyclic) bond motifs is 1. The summed E-state index contributed by atoms with van der Waals surface area (Å²) in [7, 11) is -1.57. The van der Waals surface area contributed by atoms with Gasteiger partial charge in [0, 0.05) is 37.8 Å². The molecule has 1 aliphatic heterocycles. The van der Waals surface area contributed by atoms with Crippen LogP contribution in [0.2, 0.25) is 0 Å². The Morgan fingerprint density at radius 1 is 1.13 bits per heavy atom. The normalized spacial score (nSPS) is 25.2. The summed E-state index contributed by atoms with van der Waals surface area (Å²) >= 11 is 0. The highest BCUT2D eigenvalue weighted by Crippen LogP contribution is 2.39. The zero-order valence-electron chi connectivity index (χ0n) is 17.2. The first-order chi connectivity index (χ1) is 14.4. The molecule has 1 aliphatic carbocycles. The molecule has 1 aromatic heterocycles. The number of sulfonamides is 1. The van der Waals surface area contributed by atoms with Crippen molar-refractivity contribution >= 4 is 22.0 Å². The Hall–Kier alpha value is -2.38. The Morgan fingerprint density at radius 3 is 2.67 bits per heavy atom. The smallest absolute Gasteiger partial charge is 0.246 e. The van der Waals surface area contributed by atoms with Crippen molar-refractivity contribution in [3.05, 3.63) is 60.6 Å². The van der Waals surface area contributed by atoms with Crippen LogP contribution in [0.15, 0.2) is 64.3 Å². The molecule has 1 aromatic carbocycles. The third-order valence-electron chi connectivity index (χ3n) is 6.54. The first kappa shape index (κ1) is 20.9. The molecule has 0 bridgehead atoms. The van der Waals surface area contributed by atoms with E-state index in [4.69, 9.17) is 4.42 Å². The molecule has 0 spiro atoms. The first-order valence-corrected chi connectivity index (χ1v) is 11.9. The van der Waals surface area contributed by atoms with Crippen LogP contribution in [-0.4, -0.2) is 49.7 Å². The highest BCUT2D eigenvalue weighted by atomic mass is 32.2. The SMILES string of the molecule is CN(C(=O)/C=C/c1ccoc1)[C@@H]1CC[C@H]2CN(S(=O)(=O)c3ccccc3)CC[C@@H]2C1. The second-order valence-corrected chi connectivity index (χ2v) is 10.2. The van der Waals surface area contributed by atoms with E-state index in [-0.39, 0.29) is 11.9 Å². The fourth-order valence-corrected chi connectivity index (χ4v) is 6.24. The van der Waals surface area contributed by atoms with Gasteiger partial charge in [-0.3, -0.25) is 4.79 Å². The van der Waals surface area contributed by atoms with Crippen molar-refractivity contribution in [2.45, 2.75) is 36.6 Å². The van der Waals surface area contributed by atoms with E-state index in [0.29, 0.717) is 29.8 Å². The highest BCUT2D eigenvalue weighted by molar-refractivity contribution is 7.89. The first-order valence-electron chi connectivity index (χ1n) is 10.5. The lowest BCUT2D eigenvalue weighted by atomic mass is 9.73. The van der Waals surface area contributed by atoms with Gasteiger partial charge in [0.15, 0.2) is 0 Å². The molecular formula is C23H28N2O4S. The summed E-state index contributed by atoms with van der Waals surface area (Å²) < 4.78 is 32.6. The van der Waals surface area contributed by atoms with E-state index >= 15 is 0 Å². The monoisotopic (exact) mass is 428 g/mol. The minimum absolute atomic E-state index is 0.0104. The summed E-state index contributed by atoms with van der Waals surface area (Å²) in [6.07, 6.45) is 10.2. The lowest BCUT2D eigenvalue weighted by Gasteiger charge is -2.44. The van der Waals surface area contributed by atoms with Crippen LogP contribution < -0.4 is 0 Å². The molecule has 0 radical (unpaired) electrons. The molecule has 1 amide bonds. The maximum Gasteiger partial charge on any atom is 0.246 e. The summed E-state index contributed by atoms with van der Waals surface area (Å²) in [6.45, 7) is 1.12. The Labute approximate surface area is 178 Å². The summed E-state index contributed by atoms with van der Waals surface area (Å²) in [5, 5.41) is 0. The van der Waals surface area contributed by atoms with E-state index in [9.17, 15) is 13.2 Å². The predicted molar refractivity (Wildman–Crippen MR) is 115 cm³/mol. The van der Waals surface area contributed by atoms with Crippen molar-refractivity contribution in [3.8, 4) is 0 Å². The number of likely N-dealkylation sites (N-methyl/N-ethyl adjacent to an activating group) is 1. The van der Waals surface area contributed by atoms with Gasteiger partial charge in [0.05, 0.1) is 17.4 Å². The van der Waals surface area contributed by atoms with Crippen LogP contribution in [0.4, 0.5) is 0 Å². The van der Waals surface area contributed by atoms with Gasteiger partial charge in [0.25, 0.3) is 0 Å². The lowest BCUT2D eigenvalue weighted by Crippen LogP contribution is -2.49. The number of carbonyl (C=O) groups excluding carboxylic acids is 1. The zero-order valence-corrected chi connectivity index (χ0v) is 18.0. The molecule has 1 saturated carbocycles. The van der Waals surface area contributed by atoms with Crippen LogP contribution in [0.3, 0.4) is 0 Å². The number of piperidine rings is 1. The van der Waals surface area contributed by atoms with Crippen molar-refractivity contribution in [2.75, 3.05) is 20.1 Å². The fraction of sp³-hybridized carbons (Fsp3) is 0.435. The molecule has 4 rings (SSSR count). The second-order valence-electron chi connectivity index (χ2n) is 8.29. The molecule has 3 atom stereocenters. The van der Waals surface area contributed by atoms with E-state index < -0.39 is 10.0 Å². The highest BCUT2D eigenvalue weighted by Gasteiger charge is 2.40. The van der Waals surface area contributed by atoms with Gasteiger partial charge in [-0.2, -0.15) is 4.31 Å². The maximum absolute atomic E-state index is 13.0. The molecule has 1 saturated heterocycles. The van der Waals surface area contributed by atoms with Crippen LogP contribution in [0.25, 0.3) is 6.08 Å². The molecule has 0 unspecified atom stereocenters. The van der Waals surface area contributed by atoms with Gasteiger partial charge in [-0.25, -0.2) is 8.42 Å². The van der Waals surface area contributed by atoms with E-state index in [1.807, 2.05) is 24.1 Å².